The van der Waals surface area contributed by atoms with Crippen molar-refractivity contribution in [3.05, 3.63) is 29.5 Å². The van der Waals surface area contributed by atoms with Gasteiger partial charge in [-0.3, -0.25) is 4.40 Å². The third kappa shape index (κ3) is 2.35. The number of aliphatic hydroxyl groups is 1. The minimum absolute atomic E-state index is 0.0983. The first-order chi connectivity index (χ1) is 8.45. The Balaban J connectivity index is 2.57. The summed E-state index contributed by atoms with van der Waals surface area (Å²) in [6.07, 6.45) is 1.56. The first kappa shape index (κ1) is 13.3. The van der Waals surface area contributed by atoms with Gasteiger partial charge in [-0.15, -0.1) is 0 Å². The van der Waals surface area contributed by atoms with Gasteiger partial charge in [0.05, 0.1) is 6.61 Å². The molecule has 0 aliphatic rings. The predicted molar refractivity (Wildman–Crippen MR) is 67.1 cm³/mol. The van der Waals surface area contributed by atoms with Crippen LogP contribution in [0.4, 0.5) is 0 Å². The molecule has 0 saturated carbocycles. The molecule has 0 aromatic carbocycles. The normalized spacial score (nSPS) is 13.9. The summed E-state index contributed by atoms with van der Waals surface area (Å²) in [6.45, 7) is 1.25. The maximum Gasteiger partial charge on any atom is 0.260 e. The molecule has 0 spiro atoms. The summed E-state index contributed by atoms with van der Waals surface area (Å²) in [6, 6.07) is 4.47. The van der Waals surface area contributed by atoms with E-state index in [0.717, 1.165) is 0 Å². The maximum atomic E-state index is 12.1. The van der Waals surface area contributed by atoms with Gasteiger partial charge in [0.15, 0.2) is 10.2 Å². The summed E-state index contributed by atoms with van der Waals surface area (Å²) < 4.78 is 28.0. The Morgan fingerprint density at radius 2 is 2.28 bits per heavy atom. The maximum absolute atomic E-state index is 12.1. The van der Waals surface area contributed by atoms with Crippen LogP contribution < -0.4 is 4.72 Å². The van der Waals surface area contributed by atoms with Crippen LogP contribution in [0.2, 0.25) is 5.15 Å². The summed E-state index contributed by atoms with van der Waals surface area (Å²) in [5.74, 6) is 0. The van der Waals surface area contributed by atoms with Crippen LogP contribution in [-0.2, 0) is 10.0 Å². The smallest absolute Gasteiger partial charge is 0.260 e. The molecule has 0 aliphatic heterocycles. The van der Waals surface area contributed by atoms with E-state index in [0.29, 0.717) is 5.65 Å². The second kappa shape index (κ2) is 4.85. The van der Waals surface area contributed by atoms with Crippen molar-refractivity contribution in [2.24, 2.45) is 0 Å². The third-order valence-electron chi connectivity index (χ3n) is 2.33. The molecule has 8 heteroatoms. The lowest BCUT2D eigenvalue weighted by molar-refractivity contribution is 0.265. The average molecular weight is 290 g/mol. The SMILES string of the molecule is C[C@H](CO)NS(=O)(=O)c1c(Cl)nc2ccccn12. The van der Waals surface area contributed by atoms with Gasteiger partial charge in [0.25, 0.3) is 10.0 Å². The van der Waals surface area contributed by atoms with Gasteiger partial charge in [0, 0.05) is 12.2 Å². The highest BCUT2D eigenvalue weighted by atomic mass is 35.5. The zero-order valence-corrected chi connectivity index (χ0v) is 11.1. The van der Waals surface area contributed by atoms with Crippen LogP contribution in [0.25, 0.3) is 5.65 Å². The van der Waals surface area contributed by atoms with Crippen molar-refractivity contribution in [2.75, 3.05) is 6.61 Å². The lowest BCUT2D eigenvalue weighted by atomic mass is 10.4. The van der Waals surface area contributed by atoms with Crippen molar-refractivity contribution in [3.63, 3.8) is 0 Å². The Hall–Kier alpha value is -1.15. The summed E-state index contributed by atoms with van der Waals surface area (Å²) in [4.78, 5) is 3.96. The molecule has 1 atom stereocenters. The number of aliphatic hydroxyl groups excluding tert-OH is 1. The van der Waals surface area contributed by atoms with Crippen molar-refractivity contribution in [3.8, 4) is 0 Å². The fraction of sp³-hybridized carbons (Fsp3) is 0.300. The van der Waals surface area contributed by atoms with E-state index in [1.165, 1.54) is 4.40 Å². The summed E-state index contributed by atoms with van der Waals surface area (Å²) in [5.41, 5.74) is 0.444. The molecule has 2 aromatic heterocycles. The van der Waals surface area contributed by atoms with Crippen molar-refractivity contribution in [1.82, 2.24) is 14.1 Å². The number of hydrogen-bond donors (Lipinski definition) is 2. The molecule has 0 radical (unpaired) electrons. The zero-order valence-electron chi connectivity index (χ0n) is 9.54. The van der Waals surface area contributed by atoms with Gasteiger partial charge in [0.2, 0.25) is 0 Å². The zero-order chi connectivity index (χ0) is 13.3. The lowest BCUT2D eigenvalue weighted by Crippen LogP contribution is -2.35. The first-order valence-corrected chi connectivity index (χ1v) is 7.07. The van der Waals surface area contributed by atoms with E-state index in [9.17, 15) is 8.42 Å². The number of rotatable bonds is 4. The molecule has 98 valence electrons. The topological polar surface area (TPSA) is 83.7 Å². The molecular weight excluding hydrogens is 278 g/mol. The molecule has 0 unspecified atom stereocenters. The van der Waals surface area contributed by atoms with Gasteiger partial charge in [-0.25, -0.2) is 18.1 Å². The fourth-order valence-electron chi connectivity index (χ4n) is 1.54. The van der Waals surface area contributed by atoms with Gasteiger partial charge in [0.1, 0.15) is 5.65 Å². The van der Waals surface area contributed by atoms with Crippen molar-refractivity contribution in [2.45, 2.75) is 18.0 Å². The minimum Gasteiger partial charge on any atom is -0.395 e. The number of aromatic nitrogens is 2. The highest BCUT2D eigenvalue weighted by molar-refractivity contribution is 7.89. The molecule has 6 nitrogen and oxygen atoms in total. The van der Waals surface area contributed by atoms with Crippen LogP contribution >= 0.6 is 11.6 Å². The lowest BCUT2D eigenvalue weighted by Gasteiger charge is -2.11. The van der Waals surface area contributed by atoms with Crippen LogP contribution in [0.1, 0.15) is 6.92 Å². The Morgan fingerprint density at radius 1 is 1.56 bits per heavy atom. The van der Waals surface area contributed by atoms with E-state index in [2.05, 4.69) is 9.71 Å². The highest BCUT2D eigenvalue weighted by Crippen LogP contribution is 2.22. The summed E-state index contributed by atoms with van der Waals surface area (Å²) in [7, 11) is -3.83. The third-order valence-corrected chi connectivity index (χ3v) is 4.32. The van der Waals surface area contributed by atoms with Crippen LogP contribution in [0, 0.1) is 0 Å². The predicted octanol–water partition coefficient (Wildman–Crippen LogP) is 0.647. The number of sulfonamides is 1. The molecule has 0 bridgehead atoms. The number of nitrogens with one attached hydrogen (secondary N) is 1. The number of nitrogens with zero attached hydrogens (tertiary/aromatic N) is 2. The molecule has 2 rings (SSSR count). The van der Waals surface area contributed by atoms with Crippen LogP contribution in [0.3, 0.4) is 0 Å². The van der Waals surface area contributed by atoms with E-state index >= 15 is 0 Å². The van der Waals surface area contributed by atoms with Gasteiger partial charge < -0.3 is 5.11 Å². The molecule has 18 heavy (non-hydrogen) atoms. The van der Waals surface area contributed by atoms with Crippen LogP contribution in [0.15, 0.2) is 29.4 Å². The van der Waals surface area contributed by atoms with Gasteiger partial charge >= 0.3 is 0 Å². The van der Waals surface area contributed by atoms with Crippen LogP contribution in [-0.4, -0.2) is 35.6 Å². The Bertz CT molecular complexity index is 668. The highest BCUT2D eigenvalue weighted by Gasteiger charge is 2.25. The van der Waals surface area contributed by atoms with E-state index in [1.807, 2.05) is 0 Å². The van der Waals surface area contributed by atoms with E-state index in [-0.39, 0.29) is 16.8 Å². The molecule has 0 fully saturated rings. The Kier molecular flexibility index (Phi) is 3.58. The van der Waals surface area contributed by atoms with Gasteiger partial charge in [-0.2, -0.15) is 0 Å². The molecule has 0 aliphatic carbocycles. The van der Waals surface area contributed by atoms with E-state index < -0.39 is 16.1 Å². The number of pyridine rings is 1. The average Bonchev–Trinajstić information content (AvgIpc) is 2.64. The molecule has 2 N–H and O–H groups in total. The number of halogens is 1. The molecule has 2 heterocycles. The Morgan fingerprint density at radius 3 is 2.94 bits per heavy atom. The molecule has 2 aromatic rings. The number of imidazole rings is 1. The van der Waals surface area contributed by atoms with E-state index in [1.54, 1.807) is 31.3 Å². The van der Waals surface area contributed by atoms with E-state index in [4.69, 9.17) is 16.7 Å². The van der Waals surface area contributed by atoms with Crippen molar-refractivity contribution in [1.29, 1.82) is 0 Å². The van der Waals surface area contributed by atoms with Crippen molar-refractivity contribution >= 4 is 27.3 Å². The van der Waals surface area contributed by atoms with Gasteiger partial charge in [-0.1, -0.05) is 17.7 Å². The Labute approximate surface area is 109 Å². The number of fused-ring (bicyclic) bond motifs is 1. The van der Waals surface area contributed by atoms with Crippen molar-refractivity contribution < 1.29 is 13.5 Å². The quantitative estimate of drug-likeness (QED) is 0.865. The minimum atomic E-state index is -3.83. The second-order valence-electron chi connectivity index (χ2n) is 3.84. The van der Waals surface area contributed by atoms with Gasteiger partial charge in [-0.05, 0) is 19.1 Å². The monoisotopic (exact) mass is 289 g/mol. The molecule has 0 saturated heterocycles. The fourth-order valence-corrected chi connectivity index (χ4v) is 3.42. The van der Waals surface area contributed by atoms with Crippen LogP contribution in [0.5, 0.6) is 0 Å². The summed E-state index contributed by atoms with van der Waals surface area (Å²) >= 11 is 5.87. The molecular formula is C10H12ClN3O3S. The largest absolute Gasteiger partial charge is 0.395 e. The number of hydrogen-bond acceptors (Lipinski definition) is 4. The first-order valence-electron chi connectivity index (χ1n) is 5.21. The molecule has 0 amide bonds. The second-order valence-corrected chi connectivity index (χ2v) is 5.83. The standard InChI is InChI=1S/C10H12ClN3O3S/c1-7(6-15)13-18(16,17)10-9(11)12-8-4-2-3-5-14(8)10/h2-5,7,13,15H,6H2,1H3/t7-/m1/s1. The summed E-state index contributed by atoms with van der Waals surface area (Å²) in [5, 5.41) is 8.67.